The van der Waals surface area contributed by atoms with Gasteiger partial charge in [-0.3, -0.25) is 9.69 Å². The molecule has 0 aliphatic rings. The summed E-state index contributed by atoms with van der Waals surface area (Å²) in [5, 5.41) is 8.85. The van der Waals surface area contributed by atoms with Crippen molar-refractivity contribution in [3.63, 3.8) is 0 Å². The van der Waals surface area contributed by atoms with Gasteiger partial charge in [0.2, 0.25) is 0 Å². The molecule has 5 nitrogen and oxygen atoms in total. The van der Waals surface area contributed by atoms with Crippen molar-refractivity contribution >= 4 is 5.97 Å². The molecule has 0 heterocycles. The van der Waals surface area contributed by atoms with Crippen LogP contribution in [0, 0.1) is 5.82 Å². The number of nitrogens with zero attached hydrogens (tertiary/aromatic N) is 1. The maximum atomic E-state index is 13.2. The summed E-state index contributed by atoms with van der Waals surface area (Å²) in [6, 6.07) is 4.18. The molecule has 6 heteroatoms. The minimum absolute atomic E-state index is 0.136. The average Bonchev–Trinajstić information content (AvgIpc) is 2.35. The number of ether oxygens (including phenoxy) is 2. The number of hydrogen-bond donors (Lipinski definition) is 1. The minimum Gasteiger partial charge on any atom is -0.496 e. The van der Waals surface area contributed by atoms with E-state index in [9.17, 15) is 9.18 Å². The summed E-state index contributed by atoms with van der Waals surface area (Å²) in [5.74, 6) is -0.779. The normalized spacial score (nSPS) is 10.7. The predicted octanol–water partition coefficient (Wildman–Crippen LogP) is 1.37. The largest absolute Gasteiger partial charge is 0.496 e. The van der Waals surface area contributed by atoms with Crippen LogP contribution in [0.15, 0.2) is 18.2 Å². The van der Waals surface area contributed by atoms with Crippen molar-refractivity contribution in [2.45, 2.75) is 6.54 Å². The van der Waals surface area contributed by atoms with Gasteiger partial charge in [-0.25, -0.2) is 4.39 Å². The topological polar surface area (TPSA) is 59.0 Å². The van der Waals surface area contributed by atoms with Crippen LogP contribution < -0.4 is 4.74 Å². The first-order valence-corrected chi connectivity index (χ1v) is 5.82. The molecular formula is C13H18FNO4. The molecule has 106 valence electrons. The van der Waals surface area contributed by atoms with Crippen LogP contribution in [0.3, 0.4) is 0 Å². The molecule has 0 amide bonds. The Labute approximate surface area is 111 Å². The van der Waals surface area contributed by atoms with Crippen LogP contribution in [0.5, 0.6) is 5.75 Å². The second-order valence-corrected chi connectivity index (χ2v) is 4.05. The summed E-state index contributed by atoms with van der Waals surface area (Å²) in [6.07, 6.45) is 0. The number of methoxy groups -OCH3 is 2. The number of rotatable bonds is 8. The summed E-state index contributed by atoms with van der Waals surface area (Å²) in [4.78, 5) is 12.5. The molecule has 0 atom stereocenters. The first-order valence-electron chi connectivity index (χ1n) is 5.82. The fourth-order valence-corrected chi connectivity index (χ4v) is 1.74. The number of hydrogen-bond acceptors (Lipinski definition) is 4. The van der Waals surface area contributed by atoms with E-state index in [1.54, 1.807) is 12.0 Å². The van der Waals surface area contributed by atoms with Gasteiger partial charge in [0.25, 0.3) is 0 Å². The van der Waals surface area contributed by atoms with E-state index in [4.69, 9.17) is 14.6 Å². The van der Waals surface area contributed by atoms with Gasteiger partial charge in [-0.05, 0) is 18.2 Å². The molecule has 0 bridgehead atoms. The van der Waals surface area contributed by atoms with E-state index in [0.717, 1.165) is 0 Å². The molecule has 0 aliphatic carbocycles. The molecular weight excluding hydrogens is 253 g/mol. The second kappa shape index (κ2) is 7.70. The molecule has 0 aromatic heterocycles. The van der Waals surface area contributed by atoms with Crippen LogP contribution in [-0.2, 0) is 16.1 Å². The first-order chi connectivity index (χ1) is 9.06. The van der Waals surface area contributed by atoms with Gasteiger partial charge in [0.05, 0.1) is 20.3 Å². The Kier molecular flexibility index (Phi) is 6.24. The number of carbonyl (C=O) groups is 1. The first kappa shape index (κ1) is 15.4. The van der Waals surface area contributed by atoms with Crippen LogP contribution in [0.2, 0.25) is 0 Å². The molecule has 1 rings (SSSR count). The van der Waals surface area contributed by atoms with Gasteiger partial charge in [0.1, 0.15) is 11.6 Å². The van der Waals surface area contributed by atoms with E-state index in [1.165, 1.54) is 25.3 Å². The van der Waals surface area contributed by atoms with Gasteiger partial charge in [-0.2, -0.15) is 0 Å². The van der Waals surface area contributed by atoms with Gasteiger partial charge in [0, 0.05) is 25.8 Å². The van der Waals surface area contributed by atoms with E-state index in [1.807, 2.05) is 0 Å². The summed E-state index contributed by atoms with van der Waals surface area (Å²) < 4.78 is 23.3. The molecule has 1 N–H and O–H groups in total. The third-order valence-electron chi connectivity index (χ3n) is 2.61. The Morgan fingerprint density at radius 1 is 1.42 bits per heavy atom. The van der Waals surface area contributed by atoms with Crippen molar-refractivity contribution in [3.8, 4) is 5.75 Å². The molecule has 0 spiro atoms. The summed E-state index contributed by atoms with van der Waals surface area (Å²) in [6.45, 7) is 1.01. The van der Waals surface area contributed by atoms with Gasteiger partial charge in [0.15, 0.2) is 0 Å². The smallest absolute Gasteiger partial charge is 0.317 e. The van der Waals surface area contributed by atoms with Gasteiger partial charge < -0.3 is 14.6 Å². The number of carboxylic acids is 1. The van der Waals surface area contributed by atoms with E-state index in [-0.39, 0.29) is 18.9 Å². The quantitative estimate of drug-likeness (QED) is 0.773. The fourth-order valence-electron chi connectivity index (χ4n) is 1.74. The zero-order chi connectivity index (χ0) is 14.3. The molecule has 0 aliphatic heterocycles. The van der Waals surface area contributed by atoms with Gasteiger partial charge >= 0.3 is 5.97 Å². The second-order valence-electron chi connectivity index (χ2n) is 4.05. The number of aliphatic carboxylic acids is 1. The van der Waals surface area contributed by atoms with E-state index in [0.29, 0.717) is 24.5 Å². The average molecular weight is 271 g/mol. The maximum absolute atomic E-state index is 13.2. The van der Waals surface area contributed by atoms with E-state index < -0.39 is 5.97 Å². The number of halogens is 1. The standard InChI is InChI=1S/C13H18FNO4/c1-18-6-5-15(9-13(16)17)8-10-7-11(14)3-4-12(10)19-2/h3-4,7H,5-6,8-9H2,1-2H3,(H,16,17). The third kappa shape index (κ3) is 5.23. The lowest BCUT2D eigenvalue weighted by Crippen LogP contribution is -2.32. The highest BCUT2D eigenvalue weighted by Crippen LogP contribution is 2.20. The lowest BCUT2D eigenvalue weighted by Gasteiger charge is -2.21. The van der Waals surface area contributed by atoms with Crippen molar-refractivity contribution < 1.29 is 23.8 Å². The zero-order valence-electron chi connectivity index (χ0n) is 11.1. The van der Waals surface area contributed by atoms with Crippen molar-refractivity contribution in [2.75, 3.05) is 33.9 Å². The van der Waals surface area contributed by atoms with Gasteiger partial charge in [-0.1, -0.05) is 0 Å². The highest BCUT2D eigenvalue weighted by molar-refractivity contribution is 5.69. The molecule has 1 aromatic rings. The highest BCUT2D eigenvalue weighted by Gasteiger charge is 2.13. The third-order valence-corrected chi connectivity index (χ3v) is 2.61. The van der Waals surface area contributed by atoms with Crippen LogP contribution in [-0.4, -0.2) is 49.9 Å². The van der Waals surface area contributed by atoms with Crippen LogP contribution in [0.1, 0.15) is 5.56 Å². The van der Waals surface area contributed by atoms with Crippen molar-refractivity contribution in [1.29, 1.82) is 0 Å². The maximum Gasteiger partial charge on any atom is 0.317 e. The SMILES string of the molecule is COCCN(CC(=O)O)Cc1cc(F)ccc1OC. The molecule has 19 heavy (non-hydrogen) atoms. The monoisotopic (exact) mass is 271 g/mol. The highest BCUT2D eigenvalue weighted by atomic mass is 19.1. The Hall–Kier alpha value is -1.66. The summed E-state index contributed by atoms with van der Waals surface area (Å²) in [5.41, 5.74) is 0.611. The Morgan fingerprint density at radius 2 is 2.16 bits per heavy atom. The predicted molar refractivity (Wildman–Crippen MR) is 67.7 cm³/mol. The molecule has 0 saturated carbocycles. The molecule has 0 radical (unpaired) electrons. The summed E-state index contributed by atoms with van der Waals surface area (Å²) >= 11 is 0. The van der Waals surface area contributed by atoms with Crippen LogP contribution in [0.4, 0.5) is 4.39 Å². The van der Waals surface area contributed by atoms with Crippen molar-refractivity contribution in [2.24, 2.45) is 0 Å². The molecule has 0 saturated heterocycles. The fraction of sp³-hybridized carbons (Fsp3) is 0.462. The Bertz CT molecular complexity index is 425. The van der Waals surface area contributed by atoms with Crippen molar-refractivity contribution in [3.05, 3.63) is 29.6 Å². The van der Waals surface area contributed by atoms with Gasteiger partial charge in [-0.15, -0.1) is 0 Å². The number of carboxylic acid groups (broad SMARTS) is 1. The molecule has 0 unspecified atom stereocenters. The van der Waals surface area contributed by atoms with Crippen LogP contribution in [0.25, 0.3) is 0 Å². The zero-order valence-corrected chi connectivity index (χ0v) is 11.1. The Morgan fingerprint density at radius 3 is 2.74 bits per heavy atom. The molecule has 0 fully saturated rings. The van der Waals surface area contributed by atoms with E-state index in [2.05, 4.69) is 0 Å². The Balaban J connectivity index is 2.81. The van der Waals surface area contributed by atoms with E-state index >= 15 is 0 Å². The van der Waals surface area contributed by atoms with Crippen molar-refractivity contribution in [1.82, 2.24) is 4.90 Å². The summed E-state index contributed by atoms with van der Waals surface area (Å²) in [7, 11) is 3.04. The lowest BCUT2D eigenvalue weighted by molar-refractivity contribution is -0.138. The lowest BCUT2D eigenvalue weighted by atomic mass is 10.2. The minimum atomic E-state index is -0.938. The van der Waals surface area contributed by atoms with Crippen LogP contribution >= 0.6 is 0 Å². The number of benzene rings is 1. The molecule has 1 aromatic carbocycles.